The Morgan fingerprint density at radius 2 is 1.73 bits per heavy atom. The topological polar surface area (TPSA) is 119 Å². The van der Waals surface area contributed by atoms with E-state index in [1.165, 1.54) is 6.07 Å². The summed E-state index contributed by atoms with van der Waals surface area (Å²) < 4.78 is 106. The van der Waals surface area contributed by atoms with Gasteiger partial charge >= 0.3 is 18.2 Å². The van der Waals surface area contributed by atoms with Crippen molar-refractivity contribution in [2.75, 3.05) is 16.4 Å². The molecule has 1 aliphatic rings. The van der Waals surface area contributed by atoms with E-state index in [1.807, 2.05) is 0 Å². The van der Waals surface area contributed by atoms with Gasteiger partial charge in [0.05, 0.1) is 41.7 Å². The number of alkyl halides is 6. The standard InChI is InChI=1S/C21H17F6N5O4S/c22-20(23,24)13-2-1-3-15(8-13)32(18(33)12-4-6-37(34,35)7-5-12)11-14-9-29-16(10-28-14)17-30-19(36-31-17)21(25,26)27/h1-3,8-10,12H,4-7,11H2. The van der Waals surface area contributed by atoms with Crippen LogP contribution < -0.4 is 4.90 Å². The van der Waals surface area contributed by atoms with Crippen LogP contribution in [-0.2, 0) is 33.5 Å². The van der Waals surface area contributed by atoms with Gasteiger partial charge in [-0.15, -0.1) is 0 Å². The number of sulfone groups is 1. The van der Waals surface area contributed by atoms with Crippen molar-refractivity contribution in [1.82, 2.24) is 20.1 Å². The van der Waals surface area contributed by atoms with Crippen LogP contribution in [0.2, 0.25) is 0 Å². The predicted octanol–water partition coefficient (Wildman–Crippen LogP) is 3.92. The SMILES string of the molecule is O=C(C1CCS(=O)(=O)CC1)N(Cc1cnc(-c2noc(C(F)(F)F)n2)cn1)c1cccc(C(F)(F)F)c1. The minimum Gasteiger partial charge on any atom is -0.329 e. The second kappa shape index (κ2) is 9.72. The number of aromatic nitrogens is 4. The second-order valence-electron chi connectivity index (χ2n) is 8.21. The average Bonchev–Trinajstić information content (AvgIpc) is 3.33. The van der Waals surface area contributed by atoms with Gasteiger partial charge in [0.15, 0.2) is 0 Å². The van der Waals surface area contributed by atoms with Crippen molar-refractivity contribution in [2.24, 2.45) is 5.92 Å². The van der Waals surface area contributed by atoms with E-state index in [2.05, 4.69) is 24.6 Å². The smallest absolute Gasteiger partial charge is 0.329 e. The van der Waals surface area contributed by atoms with E-state index in [4.69, 9.17) is 0 Å². The van der Waals surface area contributed by atoms with Gasteiger partial charge in [0, 0.05) is 11.6 Å². The van der Waals surface area contributed by atoms with E-state index in [-0.39, 0.29) is 48.0 Å². The molecular weight excluding hydrogens is 532 g/mol. The van der Waals surface area contributed by atoms with Crippen molar-refractivity contribution in [2.45, 2.75) is 31.7 Å². The van der Waals surface area contributed by atoms with Crippen LogP contribution in [0.15, 0.2) is 41.2 Å². The molecule has 0 N–H and O–H groups in total. The highest BCUT2D eigenvalue weighted by Gasteiger charge is 2.39. The first-order chi connectivity index (χ1) is 17.2. The lowest BCUT2D eigenvalue weighted by Crippen LogP contribution is -2.39. The maximum atomic E-state index is 13.3. The molecule has 16 heteroatoms. The van der Waals surface area contributed by atoms with E-state index >= 15 is 0 Å². The maximum Gasteiger partial charge on any atom is 0.471 e. The molecule has 37 heavy (non-hydrogen) atoms. The molecule has 0 aliphatic carbocycles. The van der Waals surface area contributed by atoms with Crippen LogP contribution >= 0.6 is 0 Å². The average molecular weight is 549 g/mol. The molecular formula is C21H17F6N5O4S. The van der Waals surface area contributed by atoms with Gasteiger partial charge in [-0.3, -0.25) is 9.78 Å². The molecule has 1 saturated heterocycles. The zero-order valence-electron chi connectivity index (χ0n) is 18.6. The van der Waals surface area contributed by atoms with Crippen LogP contribution in [0.4, 0.5) is 32.0 Å². The highest BCUT2D eigenvalue weighted by molar-refractivity contribution is 7.91. The zero-order chi connectivity index (χ0) is 27.0. The summed E-state index contributed by atoms with van der Waals surface area (Å²) in [7, 11) is -3.29. The Morgan fingerprint density at radius 1 is 1.03 bits per heavy atom. The summed E-state index contributed by atoms with van der Waals surface area (Å²) >= 11 is 0. The number of nitrogens with zero attached hydrogens (tertiary/aromatic N) is 5. The van der Waals surface area contributed by atoms with Gasteiger partial charge in [0.2, 0.25) is 11.7 Å². The lowest BCUT2D eigenvalue weighted by Gasteiger charge is -2.29. The maximum absolute atomic E-state index is 13.3. The molecule has 1 fully saturated rings. The summed E-state index contributed by atoms with van der Waals surface area (Å²) in [4.78, 5) is 25.5. The lowest BCUT2D eigenvalue weighted by molar-refractivity contribution is -0.159. The van der Waals surface area contributed by atoms with E-state index in [9.17, 15) is 39.6 Å². The molecule has 0 radical (unpaired) electrons. The van der Waals surface area contributed by atoms with Crippen molar-refractivity contribution in [1.29, 1.82) is 0 Å². The van der Waals surface area contributed by atoms with Crippen molar-refractivity contribution in [3.05, 3.63) is 53.8 Å². The third-order valence-corrected chi connectivity index (χ3v) is 7.29. The molecule has 4 rings (SSSR count). The number of anilines is 1. The molecule has 0 atom stereocenters. The summed E-state index contributed by atoms with van der Waals surface area (Å²) in [5.74, 6) is -3.85. The predicted molar refractivity (Wildman–Crippen MR) is 114 cm³/mol. The highest BCUT2D eigenvalue weighted by Crippen LogP contribution is 2.33. The van der Waals surface area contributed by atoms with E-state index in [0.717, 1.165) is 35.5 Å². The number of hydrogen-bond donors (Lipinski definition) is 0. The van der Waals surface area contributed by atoms with Crippen molar-refractivity contribution in [3.63, 3.8) is 0 Å². The number of benzene rings is 1. The Hall–Kier alpha value is -3.56. The number of carbonyl (C=O) groups is 1. The minimum atomic E-state index is -4.86. The van der Waals surface area contributed by atoms with Crippen molar-refractivity contribution >= 4 is 21.4 Å². The lowest BCUT2D eigenvalue weighted by atomic mass is 10.00. The van der Waals surface area contributed by atoms with Gasteiger partial charge < -0.3 is 9.42 Å². The summed E-state index contributed by atoms with van der Waals surface area (Å²) in [5.41, 5.74) is -1.16. The van der Waals surface area contributed by atoms with Crippen LogP contribution in [0, 0.1) is 5.92 Å². The number of halogens is 6. The molecule has 0 unspecified atom stereocenters. The molecule has 9 nitrogen and oxygen atoms in total. The molecule has 198 valence electrons. The molecule has 1 aliphatic heterocycles. The van der Waals surface area contributed by atoms with Crippen molar-refractivity contribution in [3.8, 4) is 11.5 Å². The van der Waals surface area contributed by atoms with E-state index < -0.39 is 51.3 Å². The molecule has 0 saturated carbocycles. The summed E-state index contributed by atoms with van der Waals surface area (Å²) in [6.45, 7) is -0.337. The first kappa shape index (κ1) is 26.5. The van der Waals surface area contributed by atoms with Gasteiger partial charge in [-0.1, -0.05) is 11.2 Å². The Labute approximate surface area is 205 Å². The number of rotatable bonds is 5. The Morgan fingerprint density at radius 3 is 2.30 bits per heavy atom. The zero-order valence-corrected chi connectivity index (χ0v) is 19.4. The fourth-order valence-corrected chi connectivity index (χ4v) is 5.15. The third kappa shape index (κ3) is 6.23. The highest BCUT2D eigenvalue weighted by atomic mass is 32.2. The van der Waals surface area contributed by atoms with Crippen molar-refractivity contribution < 1.29 is 44.1 Å². The monoisotopic (exact) mass is 549 g/mol. The Kier molecular flexibility index (Phi) is 6.96. The quantitative estimate of drug-likeness (QED) is 0.440. The molecule has 0 spiro atoms. The van der Waals surface area contributed by atoms with Crippen LogP contribution in [0.1, 0.15) is 30.0 Å². The van der Waals surface area contributed by atoms with Crippen LogP contribution in [0.25, 0.3) is 11.5 Å². The fourth-order valence-electron chi connectivity index (χ4n) is 3.66. The molecule has 2 aromatic heterocycles. The molecule has 3 heterocycles. The fraction of sp³-hybridized carbons (Fsp3) is 0.381. The van der Waals surface area contributed by atoms with Crippen LogP contribution in [0.5, 0.6) is 0 Å². The van der Waals surface area contributed by atoms with Crippen LogP contribution in [0.3, 0.4) is 0 Å². The second-order valence-corrected chi connectivity index (χ2v) is 10.5. The van der Waals surface area contributed by atoms with Gasteiger partial charge in [-0.2, -0.15) is 31.3 Å². The van der Waals surface area contributed by atoms with Gasteiger partial charge in [0.25, 0.3) is 0 Å². The summed E-state index contributed by atoms with van der Waals surface area (Å²) in [6.07, 6.45) is -7.37. The first-order valence-electron chi connectivity index (χ1n) is 10.6. The summed E-state index contributed by atoms with van der Waals surface area (Å²) in [5, 5.41) is 3.20. The Balaban J connectivity index is 1.62. The van der Waals surface area contributed by atoms with Gasteiger partial charge in [0.1, 0.15) is 15.5 Å². The molecule has 3 aromatic rings. The summed E-state index contributed by atoms with van der Waals surface area (Å²) in [6, 6.07) is 4.06. The largest absolute Gasteiger partial charge is 0.471 e. The van der Waals surface area contributed by atoms with Gasteiger partial charge in [-0.05, 0) is 31.0 Å². The number of amides is 1. The minimum absolute atomic E-state index is 0.0145. The van der Waals surface area contributed by atoms with E-state index in [1.54, 1.807) is 0 Å². The first-order valence-corrected chi connectivity index (χ1v) is 12.5. The van der Waals surface area contributed by atoms with E-state index in [0.29, 0.717) is 0 Å². The number of carbonyl (C=O) groups excluding carboxylic acids is 1. The normalized spacial score (nSPS) is 16.5. The molecule has 0 bridgehead atoms. The molecule has 1 amide bonds. The van der Waals surface area contributed by atoms with Gasteiger partial charge in [-0.25, -0.2) is 13.4 Å². The third-order valence-electron chi connectivity index (χ3n) is 5.58. The number of hydrogen-bond acceptors (Lipinski definition) is 8. The molecule has 1 aromatic carbocycles. The Bertz CT molecular complexity index is 1380. The van der Waals surface area contributed by atoms with Crippen LogP contribution in [-0.4, -0.2) is 45.9 Å².